The van der Waals surface area contributed by atoms with Crippen molar-refractivity contribution in [2.24, 2.45) is 0 Å². The summed E-state index contributed by atoms with van der Waals surface area (Å²) >= 11 is 7.49. The Morgan fingerprint density at radius 2 is 1.90 bits per heavy atom. The molecule has 0 aliphatic heterocycles. The molecule has 3 aromatic rings. The zero-order valence-corrected chi connectivity index (χ0v) is 12.3. The summed E-state index contributed by atoms with van der Waals surface area (Å²) in [4.78, 5) is 8.62. The van der Waals surface area contributed by atoms with Crippen molar-refractivity contribution >= 4 is 22.9 Å². The lowest BCUT2D eigenvalue weighted by Gasteiger charge is -2.00. The van der Waals surface area contributed by atoms with Crippen molar-refractivity contribution in [3.63, 3.8) is 0 Å². The lowest BCUT2D eigenvalue weighted by atomic mass is 10.2. The van der Waals surface area contributed by atoms with Crippen LogP contribution >= 0.6 is 22.9 Å². The molecule has 0 atom stereocenters. The summed E-state index contributed by atoms with van der Waals surface area (Å²) < 4.78 is 5.15. The molecule has 1 aromatic carbocycles. The maximum absolute atomic E-state index is 5.90. The number of hydrogen-bond acceptors (Lipinski definition) is 4. The zero-order valence-electron chi connectivity index (χ0n) is 10.7. The Bertz CT molecular complexity index is 725. The highest BCUT2D eigenvalue weighted by Crippen LogP contribution is 2.30. The predicted octanol–water partition coefficient (Wildman–Crippen LogP) is 4.53. The van der Waals surface area contributed by atoms with E-state index in [2.05, 4.69) is 9.97 Å². The number of aromatic nitrogens is 2. The number of thiazole rings is 1. The van der Waals surface area contributed by atoms with Crippen LogP contribution in [0.2, 0.25) is 5.15 Å². The molecular formula is C15H11ClN2OS. The third-order valence-electron chi connectivity index (χ3n) is 2.86. The zero-order chi connectivity index (χ0) is 13.9. The summed E-state index contributed by atoms with van der Waals surface area (Å²) in [5.74, 6) is 0.838. The lowest BCUT2D eigenvalue weighted by molar-refractivity contribution is 0.415. The van der Waals surface area contributed by atoms with Crippen LogP contribution < -0.4 is 4.74 Å². The molecule has 0 N–H and O–H groups in total. The first-order valence-corrected chi connectivity index (χ1v) is 7.24. The predicted molar refractivity (Wildman–Crippen MR) is 82.3 cm³/mol. The highest BCUT2D eigenvalue weighted by molar-refractivity contribution is 7.13. The molecule has 0 bridgehead atoms. The van der Waals surface area contributed by atoms with E-state index in [1.54, 1.807) is 24.6 Å². The number of pyridine rings is 1. The van der Waals surface area contributed by atoms with E-state index in [1.807, 2.05) is 41.8 Å². The Hall–Kier alpha value is -1.91. The van der Waals surface area contributed by atoms with E-state index in [1.165, 1.54) is 0 Å². The monoisotopic (exact) mass is 302 g/mol. The number of methoxy groups -OCH3 is 1. The van der Waals surface area contributed by atoms with Crippen LogP contribution in [0.25, 0.3) is 21.8 Å². The summed E-state index contributed by atoms with van der Waals surface area (Å²) in [5.41, 5.74) is 2.99. The molecule has 5 heteroatoms. The molecule has 0 unspecified atom stereocenters. The number of hydrogen-bond donors (Lipinski definition) is 0. The van der Waals surface area contributed by atoms with Gasteiger partial charge in [-0.25, -0.2) is 9.97 Å². The van der Waals surface area contributed by atoms with Gasteiger partial charge in [-0.1, -0.05) is 11.6 Å². The Morgan fingerprint density at radius 3 is 2.60 bits per heavy atom. The Labute approximate surface area is 125 Å². The second-order valence-corrected chi connectivity index (χ2v) is 5.38. The van der Waals surface area contributed by atoms with Crippen LogP contribution in [0.3, 0.4) is 0 Å². The molecule has 0 radical (unpaired) electrons. The van der Waals surface area contributed by atoms with E-state index < -0.39 is 0 Å². The van der Waals surface area contributed by atoms with E-state index in [0.717, 1.165) is 27.6 Å². The van der Waals surface area contributed by atoms with Crippen LogP contribution in [0.4, 0.5) is 0 Å². The van der Waals surface area contributed by atoms with E-state index in [-0.39, 0.29) is 0 Å². The van der Waals surface area contributed by atoms with Crippen molar-refractivity contribution in [2.45, 2.75) is 0 Å². The van der Waals surface area contributed by atoms with Gasteiger partial charge in [0, 0.05) is 22.7 Å². The van der Waals surface area contributed by atoms with Gasteiger partial charge in [0.1, 0.15) is 15.9 Å². The SMILES string of the molecule is COc1ccc(-c2csc(-c3ccnc(Cl)c3)n2)cc1. The van der Waals surface area contributed by atoms with Crippen LogP contribution in [0.5, 0.6) is 5.75 Å². The lowest BCUT2D eigenvalue weighted by Crippen LogP contribution is -1.83. The minimum atomic E-state index is 0.476. The highest BCUT2D eigenvalue weighted by Gasteiger charge is 2.07. The fourth-order valence-electron chi connectivity index (χ4n) is 1.84. The van der Waals surface area contributed by atoms with Crippen molar-refractivity contribution in [3.05, 3.63) is 53.1 Å². The fourth-order valence-corrected chi connectivity index (χ4v) is 2.84. The van der Waals surface area contributed by atoms with Crippen LogP contribution in [0.1, 0.15) is 0 Å². The molecule has 0 aliphatic rings. The molecule has 20 heavy (non-hydrogen) atoms. The van der Waals surface area contributed by atoms with Crippen LogP contribution in [-0.4, -0.2) is 17.1 Å². The summed E-state index contributed by atoms with van der Waals surface area (Å²) in [6.07, 6.45) is 1.69. The molecule has 0 spiro atoms. The molecule has 2 aromatic heterocycles. The summed E-state index contributed by atoms with van der Waals surface area (Å²) in [6.45, 7) is 0. The molecule has 2 heterocycles. The van der Waals surface area contributed by atoms with Gasteiger partial charge in [-0.2, -0.15) is 0 Å². The minimum Gasteiger partial charge on any atom is -0.497 e. The average Bonchev–Trinajstić information content (AvgIpc) is 2.97. The molecule has 100 valence electrons. The first kappa shape index (κ1) is 13.1. The Kier molecular flexibility index (Phi) is 3.67. The van der Waals surface area contributed by atoms with Crippen molar-refractivity contribution in [1.82, 2.24) is 9.97 Å². The van der Waals surface area contributed by atoms with Gasteiger partial charge < -0.3 is 4.74 Å². The maximum atomic E-state index is 5.90. The van der Waals surface area contributed by atoms with Crippen LogP contribution in [-0.2, 0) is 0 Å². The van der Waals surface area contributed by atoms with Crippen LogP contribution in [0.15, 0.2) is 48.0 Å². The van der Waals surface area contributed by atoms with E-state index in [9.17, 15) is 0 Å². The number of benzene rings is 1. The standard InChI is InChI=1S/C15H11ClN2OS/c1-19-12-4-2-10(3-5-12)13-9-20-15(18-13)11-6-7-17-14(16)8-11/h2-9H,1H3. The topological polar surface area (TPSA) is 35.0 Å². The third-order valence-corrected chi connectivity index (χ3v) is 3.96. The summed E-state index contributed by atoms with van der Waals surface area (Å²) in [7, 11) is 1.66. The molecule has 0 aliphatic carbocycles. The van der Waals surface area contributed by atoms with Crippen molar-refractivity contribution in [1.29, 1.82) is 0 Å². The van der Waals surface area contributed by atoms with E-state index in [0.29, 0.717) is 5.15 Å². The number of ether oxygens (including phenoxy) is 1. The number of nitrogens with zero attached hydrogens (tertiary/aromatic N) is 2. The van der Waals surface area contributed by atoms with Crippen molar-refractivity contribution in [3.8, 4) is 27.6 Å². The van der Waals surface area contributed by atoms with Gasteiger partial charge >= 0.3 is 0 Å². The van der Waals surface area contributed by atoms with Gasteiger partial charge in [-0.05, 0) is 36.4 Å². The maximum Gasteiger partial charge on any atom is 0.129 e. The normalized spacial score (nSPS) is 10.5. The smallest absolute Gasteiger partial charge is 0.129 e. The summed E-state index contributed by atoms with van der Waals surface area (Å²) in [6, 6.07) is 11.6. The summed E-state index contributed by atoms with van der Waals surface area (Å²) in [5, 5.41) is 3.44. The number of rotatable bonds is 3. The third kappa shape index (κ3) is 2.66. The quantitative estimate of drug-likeness (QED) is 0.667. The Balaban J connectivity index is 1.93. The van der Waals surface area contributed by atoms with Gasteiger partial charge in [0.25, 0.3) is 0 Å². The van der Waals surface area contributed by atoms with Gasteiger partial charge in [0.15, 0.2) is 0 Å². The van der Waals surface area contributed by atoms with Gasteiger partial charge in [0.05, 0.1) is 12.8 Å². The first-order valence-electron chi connectivity index (χ1n) is 5.98. The Morgan fingerprint density at radius 1 is 1.10 bits per heavy atom. The molecule has 0 saturated carbocycles. The van der Waals surface area contributed by atoms with E-state index >= 15 is 0 Å². The van der Waals surface area contributed by atoms with E-state index in [4.69, 9.17) is 16.3 Å². The molecule has 0 fully saturated rings. The molecule has 3 rings (SSSR count). The minimum absolute atomic E-state index is 0.476. The molecule has 3 nitrogen and oxygen atoms in total. The fraction of sp³-hybridized carbons (Fsp3) is 0.0667. The van der Waals surface area contributed by atoms with Crippen molar-refractivity contribution in [2.75, 3.05) is 7.11 Å². The van der Waals surface area contributed by atoms with Gasteiger partial charge in [-0.3, -0.25) is 0 Å². The largest absolute Gasteiger partial charge is 0.497 e. The molecular weight excluding hydrogens is 292 g/mol. The van der Waals surface area contributed by atoms with Crippen molar-refractivity contribution < 1.29 is 4.74 Å². The number of halogens is 1. The van der Waals surface area contributed by atoms with Gasteiger partial charge in [-0.15, -0.1) is 11.3 Å². The van der Waals surface area contributed by atoms with Crippen LogP contribution in [0, 0.1) is 0 Å². The second kappa shape index (κ2) is 5.61. The highest BCUT2D eigenvalue weighted by atomic mass is 35.5. The molecule has 0 amide bonds. The average molecular weight is 303 g/mol. The van der Waals surface area contributed by atoms with Gasteiger partial charge in [0.2, 0.25) is 0 Å². The molecule has 0 saturated heterocycles. The second-order valence-electron chi connectivity index (χ2n) is 4.13. The first-order chi connectivity index (χ1) is 9.76.